The summed E-state index contributed by atoms with van der Waals surface area (Å²) in [7, 11) is -2.09. The first-order valence-corrected chi connectivity index (χ1v) is 7.94. The van der Waals surface area contributed by atoms with Gasteiger partial charge in [0.2, 0.25) is 0 Å². The molecule has 2 N–H and O–H groups in total. The van der Waals surface area contributed by atoms with Crippen LogP contribution in [0.4, 0.5) is 5.69 Å². The second-order valence-electron chi connectivity index (χ2n) is 5.01. The van der Waals surface area contributed by atoms with E-state index >= 15 is 0 Å². The third kappa shape index (κ3) is 2.87. The number of benzene rings is 1. The Bertz CT molecular complexity index is 760. The average Bonchev–Trinajstić information content (AvgIpc) is 2.73. The van der Waals surface area contributed by atoms with Crippen molar-refractivity contribution in [2.45, 2.75) is 32.6 Å². The van der Waals surface area contributed by atoms with E-state index in [0.29, 0.717) is 17.1 Å². The van der Waals surface area contributed by atoms with Gasteiger partial charge in [0, 0.05) is 0 Å². The highest BCUT2D eigenvalue weighted by Gasteiger charge is 2.23. The van der Waals surface area contributed by atoms with Crippen molar-refractivity contribution in [1.82, 2.24) is 10.2 Å². The molecule has 2 rings (SSSR count). The number of sulfonamides is 1. The number of nitrogens with zero attached hydrogens (tertiary/aromatic N) is 1. The number of nitrogens with one attached hydrogen (secondary N) is 2. The van der Waals surface area contributed by atoms with Crippen LogP contribution in [-0.2, 0) is 10.0 Å². The number of anilines is 1. The minimum absolute atomic E-state index is 0.190. The van der Waals surface area contributed by atoms with Crippen molar-refractivity contribution in [1.29, 1.82) is 0 Å². The highest BCUT2D eigenvalue weighted by atomic mass is 32.2. The molecule has 6 nitrogen and oxygen atoms in total. The molecule has 0 atom stereocenters. The van der Waals surface area contributed by atoms with Gasteiger partial charge in [-0.05, 0) is 51.0 Å². The Balaban J connectivity index is 2.45. The van der Waals surface area contributed by atoms with E-state index in [1.807, 2.05) is 19.9 Å². The quantitative estimate of drug-likeness (QED) is 0.908. The van der Waals surface area contributed by atoms with Crippen LogP contribution in [0.1, 0.15) is 22.5 Å². The summed E-state index contributed by atoms with van der Waals surface area (Å²) in [5.74, 6) is 0.728. The molecule has 0 aliphatic carbocycles. The Morgan fingerprint density at radius 3 is 2.33 bits per heavy atom. The van der Waals surface area contributed by atoms with E-state index < -0.39 is 10.0 Å². The van der Waals surface area contributed by atoms with E-state index in [-0.39, 0.29) is 4.90 Å². The third-order valence-electron chi connectivity index (χ3n) is 3.32. The summed E-state index contributed by atoms with van der Waals surface area (Å²) in [5, 5.41) is 6.61. The van der Waals surface area contributed by atoms with E-state index in [4.69, 9.17) is 4.74 Å². The monoisotopic (exact) mass is 309 g/mol. The van der Waals surface area contributed by atoms with Crippen molar-refractivity contribution >= 4 is 15.7 Å². The molecule has 0 saturated heterocycles. The number of hydrogen-bond donors (Lipinski definition) is 2. The molecule has 7 heteroatoms. The molecule has 0 fully saturated rings. The molecule has 1 aromatic carbocycles. The van der Waals surface area contributed by atoms with Crippen LogP contribution in [0.15, 0.2) is 17.0 Å². The number of aromatic amines is 1. The first-order chi connectivity index (χ1) is 9.76. The maximum absolute atomic E-state index is 12.5. The van der Waals surface area contributed by atoms with Crippen molar-refractivity contribution < 1.29 is 13.2 Å². The minimum atomic E-state index is -3.67. The van der Waals surface area contributed by atoms with Gasteiger partial charge in [-0.15, -0.1) is 0 Å². The largest absolute Gasteiger partial charge is 0.496 e. The van der Waals surface area contributed by atoms with Crippen molar-refractivity contribution in [3.05, 3.63) is 34.6 Å². The minimum Gasteiger partial charge on any atom is -0.496 e. The Labute approximate surface area is 124 Å². The van der Waals surface area contributed by atoms with E-state index in [0.717, 1.165) is 16.9 Å². The molecular formula is C14H19N3O3S. The Hall–Kier alpha value is -2.02. The molecule has 1 heterocycles. The third-order valence-corrected chi connectivity index (χ3v) is 4.94. The number of methoxy groups -OCH3 is 1. The maximum Gasteiger partial charge on any atom is 0.265 e. The predicted molar refractivity (Wildman–Crippen MR) is 81.3 cm³/mol. The van der Waals surface area contributed by atoms with Crippen LogP contribution >= 0.6 is 0 Å². The summed E-state index contributed by atoms with van der Waals surface area (Å²) in [6, 6.07) is 3.57. The zero-order valence-corrected chi connectivity index (χ0v) is 13.6. The summed E-state index contributed by atoms with van der Waals surface area (Å²) < 4.78 is 32.9. The Morgan fingerprint density at radius 2 is 1.81 bits per heavy atom. The lowest BCUT2D eigenvalue weighted by Crippen LogP contribution is -2.15. The molecule has 0 aliphatic rings. The van der Waals surface area contributed by atoms with Gasteiger partial charge in [0.05, 0.1) is 24.2 Å². The van der Waals surface area contributed by atoms with Gasteiger partial charge in [-0.25, -0.2) is 8.42 Å². The highest BCUT2D eigenvalue weighted by Crippen LogP contribution is 2.28. The van der Waals surface area contributed by atoms with E-state index in [1.165, 1.54) is 0 Å². The first-order valence-electron chi connectivity index (χ1n) is 6.46. The Morgan fingerprint density at radius 1 is 1.14 bits per heavy atom. The summed E-state index contributed by atoms with van der Waals surface area (Å²) in [6.45, 7) is 7.03. The zero-order valence-electron chi connectivity index (χ0n) is 12.7. The SMILES string of the molecule is COc1cc(C)c(NS(=O)(=O)c2c(C)n[nH]c2C)cc1C. The lowest BCUT2D eigenvalue weighted by atomic mass is 10.1. The summed E-state index contributed by atoms with van der Waals surface area (Å²) in [5.41, 5.74) is 3.15. The van der Waals surface area contributed by atoms with Crippen molar-refractivity contribution in [2.75, 3.05) is 11.8 Å². The predicted octanol–water partition coefficient (Wildman–Crippen LogP) is 2.45. The molecule has 21 heavy (non-hydrogen) atoms. The van der Waals surface area contributed by atoms with Crippen LogP contribution in [0.2, 0.25) is 0 Å². The second kappa shape index (κ2) is 5.40. The van der Waals surface area contributed by atoms with Gasteiger partial charge in [-0.3, -0.25) is 9.82 Å². The average molecular weight is 309 g/mol. The van der Waals surface area contributed by atoms with Crippen molar-refractivity contribution in [3.8, 4) is 5.75 Å². The zero-order chi connectivity index (χ0) is 15.8. The molecule has 0 amide bonds. The number of H-pyrrole nitrogens is 1. The van der Waals surface area contributed by atoms with Crippen molar-refractivity contribution in [3.63, 3.8) is 0 Å². The van der Waals surface area contributed by atoms with E-state index in [2.05, 4.69) is 14.9 Å². The fourth-order valence-electron chi connectivity index (χ4n) is 2.25. The molecule has 1 aromatic heterocycles. The topological polar surface area (TPSA) is 84.1 Å². The fraction of sp³-hybridized carbons (Fsp3) is 0.357. The lowest BCUT2D eigenvalue weighted by molar-refractivity contribution is 0.411. The molecule has 0 aliphatic heterocycles. The van der Waals surface area contributed by atoms with Gasteiger partial charge in [-0.1, -0.05) is 0 Å². The molecule has 0 bridgehead atoms. The van der Waals surface area contributed by atoms with Gasteiger partial charge in [0.25, 0.3) is 10.0 Å². The van der Waals surface area contributed by atoms with E-state index in [9.17, 15) is 8.42 Å². The van der Waals surface area contributed by atoms with Crippen LogP contribution in [0.25, 0.3) is 0 Å². The van der Waals surface area contributed by atoms with Crippen LogP contribution in [-0.4, -0.2) is 25.7 Å². The summed E-state index contributed by atoms with van der Waals surface area (Å²) >= 11 is 0. The number of hydrogen-bond acceptors (Lipinski definition) is 4. The fourth-order valence-corrected chi connectivity index (χ4v) is 3.75. The molecule has 0 saturated carbocycles. The highest BCUT2D eigenvalue weighted by molar-refractivity contribution is 7.92. The number of rotatable bonds is 4. The molecular weight excluding hydrogens is 290 g/mol. The standard InChI is InChI=1S/C14H19N3O3S/c1-8-7-13(20-5)9(2)6-12(8)17-21(18,19)14-10(3)15-16-11(14)4/h6-7,17H,1-5H3,(H,15,16). The summed E-state index contributed by atoms with van der Waals surface area (Å²) in [6.07, 6.45) is 0. The molecule has 2 aromatic rings. The Kier molecular flexibility index (Phi) is 3.95. The molecule has 0 radical (unpaired) electrons. The summed E-state index contributed by atoms with van der Waals surface area (Å²) in [4.78, 5) is 0.190. The smallest absolute Gasteiger partial charge is 0.265 e. The van der Waals surface area contributed by atoms with Crippen LogP contribution in [0.5, 0.6) is 5.75 Å². The molecule has 0 unspecified atom stereocenters. The number of aryl methyl sites for hydroxylation is 4. The number of aromatic nitrogens is 2. The second-order valence-corrected chi connectivity index (χ2v) is 6.62. The normalized spacial score (nSPS) is 11.5. The van der Waals surface area contributed by atoms with Crippen LogP contribution in [0.3, 0.4) is 0 Å². The molecule has 114 valence electrons. The van der Waals surface area contributed by atoms with Gasteiger partial charge in [0.1, 0.15) is 10.6 Å². The molecule has 0 spiro atoms. The van der Waals surface area contributed by atoms with Gasteiger partial charge >= 0.3 is 0 Å². The number of ether oxygens (including phenoxy) is 1. The lowest BCUT2D eigenvalue weighted by Gasteiger charge is -2.13. The van der Waals surface area contributed by atoms with Crippen LogP contribution in [0, 0.1) is 27.7 Å². The first kappa shape index (κ1) is 15.4. The maximum atomic E-state index is 12.5. The van der Waals surface area contributed by atoms with Gasteiger partial charge < -0.3 is 4.74 Å². The van der Waals surface area contributed by atoms with Crippen LogP contribution < -0.4 is 9.46 Å². The van der Waals surface area contributed by atoms with Gasteiger partial charge in [0.15, 0.2) is 0 Å². The van der Waals surface area contributed by atoms with Gasteiger partial charge in [-0.2, -0.15) is 5.10 Å². The van der Waals surface area contributed by atoms with Crippen molar-refractivity contribution in [2.24, 2.45) is 0 Å². The van der Waals surface area contributed by atoms with E-state index in [1.54, 1.807) is 27.0 Å².